The number of morpholine rings is 1. The predicted molar refractivity (Wildman–Crippen MR) is 74.5 cm³/mol. The predicted octanol–water partition coefficient (Wildman–Crippen LogP) is 0.422. The standard InChI is InChI=1S/C14H20N2O4/c1-18-10-3-4-12(13(7-10)19-2)14(17)16-9-11-8-15-5-6-20-11/h3-4,7,11,15H,5-6,8-9H2,1-2H3,(H,16,17)/t11-/m1/s1. The van der Waals surface area contributed by atoms with E-state index in [0.29, 0.717) is 30.2 Å². The number of ether oxygens (including phenoxy) is 3. The van der Waals surface area contributed by atoms with Gasteiger partial charge in [-0.05, 0) is 12.1 Å². The van der Waals surface area contributed by atoms with Gasteiger partial charge in [0.15, 0.2) is 0 Å². The lowest BCUT2D eigenvalue weighted by Gasteiger charge is -2.23. The van der Waals surface area contributed by atoms with Crippen LogP contribution in [0.2, 0.25) is 0 Å². The summed E-state index contributed by atoms with van der Waals surface area (Å²) in [5.41, 5.74) is 0.483. The Kier molecular flexibility index (Phi) is 5.20. The average Bonchev–Trinajstić information content (AvgIpc) is 2.52. The van der Waals surface area contributed by atoms with Crippen LogP contribution in [0.3, 0.4) is 0 Å². The molecule has 1 aromatic carbocycles. The molecule has 1 aliphatic heterocycles. The molecule has 110 valence electrons. The van der Waals surface area contributed by atoms with Gasteiger partial charge in [0.05, 0.1) is 32.5 Å². The molecular formula is C14H20N2O4. The fraction of sp³-hybridized carbons (Fsp3) is 0.500. The van der Waals surface area contributed by atoms with Crippen molar-refractivity contribution in [1.82, 2.24) is 10.6 Å². The molecule has 0 spiro atoms. The minimum absolute atomic E-state index is 0.0111. The Morgan fingerprint density at radius 1 is 1.45 bits per heavy atom. The van der Waals surface area contributed by atoms with E-state index in [1.165, 1.54) is 7.11 Å². The lowest BCUT2D eigenvalue weighted by atomic mass is 10.1. The number of amides is 1. The van der Waals surface area contributed by atoms with Gasteiger partial charge in [-0.2, -0.15) is 0 Å². The summed E-state index contributed by atoms with van der Waals surface area (Å²) in [6, 6.07) is 5.11. The highest BCUT2D eigenvalue weighted by molar-refractivity contribution is 5.97. The zero-order valence-corrected chi connectivity index (χ0v) is 11.8. The topological polar surface area (TPSA) is 68.8 Å². The molecule has 20 heavy (non-hydrogen) atoms. The molecule has 1 amide bonds. The van der Waals surface area contributed by atoms with Crippen molar-refractivity contribution in [3.63, 3.8) is 0 Å². The second-order valence-corrected chi connectivity index (χ2v) is 4.47. The van der Waals surface area contributed by atoms with E-state index < -0.39 is 0 Å². The van der Waals surface area contributed by atoms with Crippen LogP contribution in [0.15, 0.2) is 18.2 Å². The van der Waals surface area contributed by atoms with Crippen LogP contribution in [0.25, 0.3) is 0 Å². The Hall–Kier alpha value is -1.79. The van der Waals surface area contributed by atoms with Gasteiger partial charge >= 0.3 is 0 Å². The van der Waals surface area contributed by atoms with Gasteiger partial charge < -0.3 is 24.8 Å². The molecule has 2 N–H and O–H groups in total. The number of nitrogens with one attached hydrogen (secondary N) is 2. The number of carbonyl (C=O) groups excluding carboxylic acids is 1. The van der Waals surface area contributed by atoms with Crippen LogP contribution in [0.5, 0.6) is 11.5 Å². The average molecular weight is 280 g/mol. The minimum Gasteiger partial charge on any atom is -0.497 e. The maximum absolute atomic E-state index is 12.2. The number of rotatable bonds is 5. The van der Waals surface area contributed by atoms with Gasteiger partial charge in [0.25, 0.3) is 5.91 Å². The van der Waals surface area contributed by atoms with Gasteiger partial charge in [0, 0.05) is 25.7 Å². The Labute approximate surface area is 118 Å². The third kappa shape index (κ3) is 3.61. The number of hydrogen-bond donors (Lipinski definition) is 2. The Morgan fingerprint density at radius 2 is 2.30 bits per heavy atom. The number of benzene rings is 1. The summed E-state index contributed by atoms with van der Waals surface area (Å²) in [6.45, 7) is 2.75. The van der Waals surface area contributed by atoms with Crippen molar-refractivity contribution in [2.45, 2.75) is 6.10 Å². The van der Waals surface area contributed by atoms with E-state index in [-0.39, 0.29) is 12.0 Å². The van der Waals surface area contributed by atoms with Crippen LogP contribution in [0.1, 0.15) is 10.4 Å². The van der Waals surface area contributed by atoms with Crippen LogP contribution in [0, 0.1) is 0 Å². The van der Waals surface area contributed by atoms with Crippen LogP contribution in [-0.4, -0.2) is 52.5 Å². The van der Waals surface area contributed by atoms with Crippen molar-refractivity contribution in [3.8, 4) is 11.5 Å². The van der Waals surface area contributed by atoms with Crippen molar-refractivity contribution >= 4 is 5.91 Å². The van der Waals surface area contributed by atoms with Gasteiger partial charge in [0.1, 0.15) is 11.5 Å². The van der Waals surface area contributed by atoms with Crippen molar-refractivity contribution in [3.05, 3.63) is 23.8 Å². The van der Waals surface area contributed by atoms with Gasteiger partial charge in [-0.1, -0.05) is 0 Å². The SMILES string of the molecule is COc1ccc(C(=O)NC[C@H]2CNCCO2)c(OC)c1. The zero-order valence-electron chi connectivity index (χ0n) is 11.8. The molecule has 1 aromatic rings. The molecular weight excluding hydrogens is 260 g/mol. The second kappa shape index (κ2) is 7.12. The lowest BCUT2D eigenvalue weighted by Crippen LogP contribution is -2.45. The van der Waals surface area contributed by atoms with E-state index in [9.17, 15) is 4.79 Å². The molecule has 1 aliphatic rings. The summed E-state index contributed by atoms with van der Waals surface area (Å²) >= 11 is 0. The van der Waals surface area contributed by atoms with Crippen LogP contribution in [-0.2, 0) is 4.74 Å². The van der Waals surface area contributed by atoms with Gasteiger partial charge in [-0.25, -0.2) is 0 Å². The van der Waals surface area contributed by atoms with Crippen molar-refractivity contribution in [2.75, 3.05) is 40.5 Å². The number of methoxy groups -OCH3 is 2. The van der Waals surface area contributed by atoms with Crippen LogP contribution < -0.4 is 20.1 Å². The summed E-state index contributed by atoms with van der Waals surface area (Å²) in [6.07, 6.45) is 0.0111. The Morgan fingerprint density at radius 3 is 2.95 bits per heavy atom. The van der Waals surface area contributed by atoms with E-state index in [1.54, 1.807) is 25.3 Å². The monoisotopic (exact) mass is 280 g/mol. The summed E-state index contributed by atoms with van der Waals surface area (Å²) in [5.74, 6) is 0.960. The molecule has 1 heterocycles. The zero-order chi connectivity index (χ0) is 14.4. The smallest absolute Gasteiger partial charge is 0.255 e. The highest BCUT2D eigenvalue weighted by atomic mass is 16.5. The number of carbonyl (C=O) groups is 1. The van der Waals surface area contributed by atoms with Crippen molar-refractivity contribution in [2.24, 2.45) is 0 Å². The minimum atomic E-state index is -0.182. The molecule has 0 aliphatic carbocycles. The fourth-order valence-electron chi connectivity index (χ4n) is 2.04. The molecule has 6 nitrogen and oxygen atoms in total. The molecule has 6 heteroatoms. The normalized spacial score (nSPS) is 18.4. The Bertz CT molecular complexity index is 458. The highest BCUT2D eigenvalue weighted by Crippen LogP contribution is 2.24. The van der Waals surface area contributed by atoms with Crippen LogP contribution >= 0.6 is 0 Å². The Balaban J connectivity index is 1.97. The molecule has 1 atom stereocenters. The first-order chi connectivity index (χ1) is 9.74. The maximum Gasteiger partial charge on any atom is 0.255 e. The quantitative estimate of drug-likeness (QED) is 0.818. The molecule has 1 saturated heterocycles. The third-order valence-electron chi connectivity index (χ3n) is 3.15. The maximum atomic E-state index is 12.2. The molecule has 0 radical (unpaired) electrons. The molecule has 0 saturated carbocycles. The molecule has 1 fully saturated rings. The number of hydrogen-bond acceptors (Lipinski definition) is 5. The van der Waals surface area contributed by atoms with Gasteiger partial charge in [-0.15, -0.1) is 0 Å². The van der Waals surface area contributed by atoms with Crippen molar-refractivity contribution in [1.29, 1.82) is 0 Å². The first-order valence-corrected chi connectivity index (χ1v) is 6.57. The first-order valence-electron chi connectivity index (χ1n) is 6.57. The first kappa shape index (κ1) is 14.6. The molecule has 0 bridgehead atoms. The third-order valence-corrected chi connectivity index (χ3v) is 3.15. The largest absolute Gasteiger partial charge is 0.497 e. The van der Waals surface area contributed by atoms with Crippen molar-refractivity contribution < 1.29 is 19.0 Å². The van der Waals surface area contributed by atoms with E-state index in [4.69, 9.17) is 14.2 Å². The fourth-order valence-corrected chi connectivity index (χ4v) is 2.04. The molecule has 0 aromatic heterocycles. The van der Waals surface area contributed by atoms with E-state index in [1.807, 2.05) is 0 Å². The lowest BCUT2D eigenvalue weighted by molar-refractivity contribution is 0.0287. The van der Waals surface area contributed by atoms with Gasteiger partial charge in [0.2, 0.25) is 0 Å². The van der Waals surface area contributed by atoms with Crippen LogP contribution in [0.4, 0.5) is 0 Å². The van der Waals surface area contributed by atoms with Gasteiger partial charge in [-0.3, -0.25) is 4.79 Å². The van der Waals surface area contributed by atoms with E-state index in [0.717, 1.165) is 13.1 Å². The summed E-state index contributed by atoms with van der Waals surface area (Å²) in [7, 11) is 3.10. The van der Waals surface area contributed by atoms with E-state index >= 15 is 0 Å². The molecule has 2 rings (SSSR count). The molecule has 0 unspecified atom stereocenters. The summed E-state index contributed by atoms with van der Waals surface area (Å²) < 4.78 is 15.9. The summed E-state index contributed by atoms with van der Waals surface area (Å²) in [4.78, 5) is 12.2. The highest BCUT2D eigenvalue weighted by Gasteiger charge is 2.17. The summed E-state index contributed by atoms with van der Waals surface area (Å²) in [5, 5.41) is 6.07. The second-order valence-electron chi connectivity index (χ2n) is 4.47. The van der Waals surface area contributed by atoms with E-state index in [2.05, 4.69) is 10.6 Å².